The van der Waals surface area contributed by atoms with Crippen molar-refractivity contribution in [2.45, 2.75) is 32.6 Å². The standard InChI is InChI=1S/C7H16N4/c1-7(2,3)11-6(9-4)10-5-8/h6,9-11H,1-4H3. The molecule has 0 aromatic rings. The molecule has 0 spiro atoms. The highest BCUT2D eigenvalue weighted by Crippen LogP contribution is 1.97. The molecule has 0 fully saturated rings. The van der Waals surface area contributed by atoms with Crippen LogP contribution in [-0.2, 0) is 0 Å². The van der Waals surface area contributed by atoms with Gasteiger partial charge in [-0.3, -0.25) is 16.0 Å². The van der Waals surface area contributed by atoms with Crippen LogP contribution >= 0.6 is 0 Å². The Morgan fingerprint density at radius 3 is 2.18 bits per heavy atom. The van der Waals surface area contributed by atoms with Gasteiger partial charge in [-0.1, -0.05) is 0 Å². The lowest BCUT2D eigenvalue weighted by atomic mass is 10.1. The van der Waals surface area contributed by atoms with E-state index in [0.717, 1.165) is 0 Å². The van der Waals surface area contributed by atoms with Gasteiger partial charge in [-0.15, -0.1) is 0 Å². The number of nitrogens with zero attached hydrogens (tertiary/aromatic N) is 1. The minimum atomic E-state index is -0.153. The van der Waals surface area contributed by atoms with Crippen LogP contribution in [-0.4, -0.2) is 18.9 Å². The van der Waals surface area contributed by atoms with Crippen LogP contribution in [0.3, 0.4) is 0 Å². The van der Waals surface area contributed by atoms with Gasteiger partial charge in [0.05, 0.1) is 0 Å². The second-order valence-electron chi connectivity index (χ2n) is 3.37. The lowest BCUT2D eigenvalue weighted by molar-refractivity contribution is 0.311. The molecule has 0 aliphatic rings. The summed E-state index contributed by atoms with van der Waals surface area (Å²) in [7, 11) is 1.79. The van der Waals surface area contributed by atoms with Gasteiger partial charge < -0.3 is 0 Å². The molecule has 0 aromatic heterocycles. The number of nitrogens with one attached hydrogen (secondary N) is 3. The van der Waals surface area contributed by atoms with Gasteiger partial charge >= 0.3 is 0 Å². The molecule has 4 nitrogen and oxygen atoms in total. The molecule has 0 rings (SSSR count). The predicted octanol–water partition coefficient (Wildman–Crippen LogP) is -0.0518. The first-order valence-electron chi connectivity index (χ1n) is 3.59. The van der Waals surface area contributed by atoms with Crippen LogP contribution in [0.4, 0.5) is 0 Å². The van der Waals surface area contributed by atoms with Crippen LogP contribution in [0.1, 0.15) is 20.8 Å². The van der Waals surface area contributed by atoms with Crippen molar-refractivity contribution in [1.82, 2.24) is 16.0 Å². The van der Waals surface area contributed by atoms with Crippen molar-refractivity contribution in [2.75, 3.05) is 7.05 Å². The number of nitriles is 1. The molecule has 0 amide bonds. The predicted molar refractivity (Wildman–Crippen MR) is 44.5 cm³/mol. The molecule has 0 aliphatic carbocycles. The van der Waals surface area contributed by atoms with Gasteiger partial charge in [-0.2, -0.15) is 5.26 Å². The average molecular weight is 156 g/mol. The third kappa shape index (κ3) is 5.64. The number of hydrogen-bond acceptors (Lipinski definition) is 4. The number of rotatable bonds is 3. The third-order valence-electron chi connectivity index (χ3n) is 1.07. The van der Waals surface area contributed by atoms with E-state index in [0.29, 0.717) is 0 Å². The molecule has 64 valence electrons. The highest BCUT2D eigenvalue weighted by molar-refractivity contribution is 4.78. The fourth-order valence-electron chi connectivity index (χ4n) is 0.678. The van der Waals surface area contributed by atoms with Crippen molar-refractivity contribution in [1.29, 1.82) is 5.26 Å². The largest absolute Gasteiger partial charge is 0.295 e. The van der Waals surface area contributed by atoms with Gasteiger partial charge in [-0.05, 0) is 27.8 Å². The Hall–Kier alpha value is -0.790. The highest BCUT2D eigenvalue weighted by atomic mass is 15.3. The Morgan fingerprint density at radius 1 is 1.36 bits per heavy atom. The van der Waals surface area contributed by atoms with Gasteiger partial charge in [0.25, 0.3) is 0 Å². The molecule has 0 aromatic carbocycles. The maximum atomic E-state index is 8.32. The van der Waals surface area contributed by atoms with E-state index in [1.54, 1.807) is 7.05 Å². The summed E-state index contributed by atoms with van der Waals surface area (Å²) < 4.78 is 0. The van der Waals surface area contributed by atoms with Crippen LogP contribution < -0.4 is 16.0 Å². The molecule has 1 unspecified atom stereocenters. The highest BCUT2D eigenvalue weighted by Gasteiger charge is 2.14. The topological polar surface area (TPSA) is 59.9 Å². The van der Waals surface area contributed by atoms with E-state index in [4.69, 9.17) is 5.26 Å². The van der Waals surface area contributed by atoms with Crippen LogP contribution in [0, 0.1) is 11.5 Å². The zero-order valence-electron chi connectivity index (χ0n) is 7.52. The van der Waals surface area contributed by atoms with Gasteiger partial charge in [0.2, 0.25) is 0 Å². The summed E-state index contributed by atoms with van der Waals surface area (Å²) in [6.45, 7) is 6.11. The molecule has 0 heterocycles. The van der Waals surface area contributed by atoms with Crippen molar-refractivity contribution in [3.8, 4) is 6.19 Å². The summed E-state index contributed by atoms with van der Waals surface area (Å²) >= 11 is 0. The summed E-state index contributed by atoms with van der Waals surface area (Å²) in [6, 6.07) is 0. The van der Waals surface area contributed by atoms with Crippen LogP contribution in [0.15, 0.2) is 0 Å². The van der Waals surface area contributed by atoms with E-state index in [1.165, 1.54) is 0 Å². The number of hydrogen-bond donors (Lipinski definition) is 3. The zero-order valence-corrected chi connectivity index (χ0v) is 7.52. The van der Waals surface area contributed by atoms with Gasteiger partial charge in [0, 0.05) is 5.54 Å². The van der Waals surface area contributed by atoms with Crippen molar-refractivity contribution in [2.24, 2.45) is 0 Å². The zero-order chi connectivity index (χ0) is 8.91. The van der Waals surface area contributed by atoms with Gasteiger partial charge in [0.15, 0.2) is 6.19 Å². The van der Waals surface area contributed by atoms with Crippen LogP contribution in [0.5, 0.6) is 0 Å². The molecule has 0 saturated heterocycles. The normalized spacial score (nSPS) is 13.7. The molecule has 4 heteroatoms. The second-order valence-corrected chi connectivity index (χ2v) is 3.37. The van der Waals surface area contributed by atoms with E-state index < -0.39 is 0 Å². The molecule has 0 saturated carbocycles. The minimum Gasteiger partial charge on any atom is -0.295 e. The van der Waals surface area contributed by atoms with Crippen LogP contribution in [0.2, 0.25) is 0 Å². The molecule has 3 N–H and O–H groups in total. The van der Waals surface area contributed by atoms with Gasteiger partial charge in [0.1, 0.15) is 6.29 Å². The first kappa shape index (κ1) is 10.2. The fraction of sp³-hybridized carbons (Fsp3) is 0.857. The molecule has 11 heavy (non-hydrogen) atoms. The molecular formula is C7H16N4. The maximum absolute atomic E-state index is 8.32. The summed E-state index contributed by atoms with van der Waals surface area (Å²) in [5.74, 6) is 0. The summed E-state index contributed by atoms with van der Waals surface area (Å²) in [5.41, 5.74) is -0.00245. The van der Waals surface area contributed by atoms with E-state index in [1.807, 2.05) is 27.0 Å². The first-order chi connectivity index (χ1) is 4.99. The van der Waals surface area contributed by atoms with E-state index in [-0.39, 0.29) is 11.8 Å². The Labute approximate surface area is 68.0 Å². The van der Waals surface area contributed by atoms with Crippen molar-refractivity contribution in [3.63, 3.8) is 0 Å². The molecule has 0 radical (unpaired) electrons. The fourth-order valence-corrected chi connectivity index (χ4v) is 0.678. The van der Waals surface area contributed by atoms with E-state index in [9.17, 15) is 0 Å². The Balaban J connectivity index is 3.80. The first-order valence-corrected chi connectivity index (χ1v) is 3.59. The second kappa shape index (κ2) is 4.16. The van der Waals surface area contributed by atoms with E-state index >= 15 is 0 Å². The summed E-state index contributed by atoms with van der Waals surface area (Å²) in [4.78, 5) is 0. The Bertz CT molecular complexity index is 142. The average Bonchev–Trinajstić information content (AvgIpc) is 1.84. The van der Waals surface area contributed by atoms with Crippen molar-refractivity contribution in [3.05, 3.63) is 0 Å². The Morgan fingerprint density at radius 2 is 1.91 bits per heavy atom. The SMILES string of the molecule is CNC(NC#N)NC(C)(C)C. The molecule has 1 atom stereocenters. The van der Waals surface area contributed by atoms with Gasteiger partial charge in [-0.25, -0.2) is 0 Å². The van der Waals surface area contributed by atoms with Crippen molar-refractivity contribution < 1.29 is 0 Å². The summed E-state index contributed by atoms with van der Waals surface area (Å²) in [6.07, 6.45) is 1.71. The molecule has 0 aliphatic heterocycles. The monoisotopic (exact) mass is 156 g/mol. The van der Waals surface area contributed by atoms with Crippen molar-refractivity contribution >= 4 is 0 Å². The molecule has 0 bridgehead atoms. The molecular weight excluding hydrogens is 140 g/mol. The van der Waals surface area contributed by atoms with Crippen LogP contribution in [0.25, 0.3) is 0 Å². The lowest BCUT2D eigenvalue weighted by Gasteiger charge is -2.26. The Kier molecular flexibility index (Phi) is 3.86. The smallest absolute Gasteiger partial charge is 0.178 e. The minimum absolute atomic E-state index is 0.00245. The summed E-state index contributed by atoms with van der Waals surface area (Å²) in [5, 5.41) is 17.0. The third-order valence-corrected chi connectivity index (χ3v) is 1.07. The lowest BCUT2D eigenvalue weighted by Crippen LogP contribution is -2.56. The van der Waals surface area contributed by atoms with E-state index in [2.05, 4.69) is 16.0 Å². The maximum Gasteiger partial charge on any atom is 0.178 e. The quantitative estimate of drug-likeness (QED) is 0.304.